The molecule has 0 amide bonds. The lowest BCUT2D eigenvalue weighted by atomic mass is 10.2. The molecule has 80 valence electrons. The number of hydrogen-bond donors (Lipinski definition) is 2. The predicted octanol–water partition coefficient (Wildman–Crippen LogP) is 1.77. The summed E-state index contributed by atoms with van der Waals surface area (Å²) < 4.78 is 0.968. The molecule has 2 rings (SSSR count). The lowest BCUT2D eigenvalue weighted by Gasteiger charge is -2.31. The Morgan fingerprint density at radius 3 is 3.13 bits per heavy atom. The molecule has 2 N–H and O–H groups in total. The third-order valence-electron chi connectivity index (χ3n) is 2.34. The van der Waals surface area contributed by atoms with Gasteiger partial charge in [-0.15, -0.1) is 0 Å². The van der Waals surface area contributed by atoms with Gasteiger partial charge < -0.3 is 15.3 Å². The molecule has 0 spiro atoms. The van der Waals surface area contributed by atoms with Crippen molar-refractivity contribution in [3.8, 4) is 0 Å². The summed E-state index contributed by atoms with van der Waals surface area (Å²) in [5.74, 6) is -0.803. The fourth-order valence-corrected chi connectivity index (χ4v) is 2.21. The van der Waals surface area contributed by atoms with E-state index in [1.54, 1.807) is 0 Å². The van der Waals surface area contributed by atoms with Gasteiger partial charge in [0.15, 0.2) is 0 Å². The summed E-state index contributed by atoms with van der Waals surface area (Å²) in [4.78, 5) is 12.5. The van der Waals surface area contributed by atoms with Crippen molar-refractivity contribution in [3.05, 3.63) is 22.7 Å². The molecule has 0 unspecified atom stereocenters. The Morgan fingerprint density at radius 1 is 1.60 bits per heavy atom. The molecule has 1 aromatic carbocycles. The fraction of sp³-hybridized carbons (Fsp3) is 0.300. The third kappa shape index (κ3) is 2.07. The Labute approximate surface area is 96.0 Å². The van der Waals surface area contributed by atoms with Gasteiger partial charge in [0, 0.05) is 17.6 Å². The number of halogens is 1. The van der Waals surface area contributed by atoms with E-state index in [1.807, 2.05) is 23.1 Å². The van der Waals surface area contributed by atoms with Crippen molar-refractivity contribution in [1.29, 1.82) is 0 Å². The lowest BCUT2D eigenvalue weighted by Crippen LogP contribution is -2.37. The highest BCUT2D eigenvalue weighted by atomic mass is 79.9. The van der Waals surface area contributed by atoms with Crippen LogP contribution in [0.1, 0.15) is 0 Å². The number of rotatable bonds is 2. The molecule has 1 aromatic rings. The second kappa shape index (κ2) is 4.10. The van der Waals surface area contributed by atoms with E-state index in [0.717, 1.165) is 28.9 Å². The van der Waals surface area contributed by atoms with Gasteiger partial charge in [-0.2, -0.15) is 0 Å². The Balaban J connectivity index is 2.34. The van der Waals surface area contributed by atoms with Crippen LogP contribution >= 0.6 is 15.9 Å². The number of fused-ring (bicyclic) bond motifs is 1. The molecule has 0 saturated heterocycles. The highest BCUT2D eigenvalue weighted by molar-refractivity contribution is 9.10. The van der Waals surface area contributed by atoms with Crippen molar-refractivity contribution < 1.29 is 9.90 Å². The second-order valence-electron chi connectivity index (χ2n) is 3.38. The number of nitrogens with one attached hydrogen (secondary N) is 1. The molecule has 5 heteroatoms. The number of benzene rings is 1. The highest BCUT2D eigenvalue weighted by Gasteiger charge is 2.19. The molecular formula is C10H11BrN2O2. The minimum atomic E-state index is -0.803. The molecule has 1 aliphatic heterocycles. The minimum absolute atomic E-state index is 0.0468. The van der Waals surface area contributed by atoms with Gasteiger partial charge in [0.2, 0.25) is 0 Å². The topological polar surface area (TPSA) is 52.6 Å². The first-order chi connectivity index (χ1) is 7.18. The number of aliphatic carboxylic acids is 1. The van der Waals surface area contributed by atoms with Gasteiger partial charge in [-0.3, -0.25) is 4.79 Å². The van der Waals surface area contributed by atoms with Gasteiger partial charge in [0.05, 0.1) is 11.4 Å². The van der Waals surface area contributed by atoms with Crippen LogP contribution in [-0.2, 0) is 4.79 Å². The zero-order valence-corrected chi connectivity index (χ0v) is 9.62. The SMILES string of the molecule is O=C(O)CN1CCNc2c(Br)cccc21. The summed E-state index contributed by atoms with van der Waals surface area (Å²) in [5.41, 5.74) is 1.92. The zero-order chi connectivity index (χ0) is 10.8. The molecule has 0 atom stereocenters. The van der Waals surface area contributed by atoms with Gasteiger partial charge in [0.1, 0.15) is 6.54 Å². The summed E-state index contributed by atoms with van der Waals surface area (Å²) >= 11 is 3.44. The molecular weight excluding hydrogens is 260 g/mol. The Kier molecular flexibility index (Phi) is 2.81. The summed E-state index contributed by atoms with van der Waals surface area (Å²) in [6.07, 6.45) is 0. The van der Waals surface area contributed by atoms with Gasteiger partial charge in [0.25, 0.3) is 0 Å². The maximum absolute atomic E-state index is 10.7. The van der Waals surface area contributed by atoms with Gasteiger partial charge >= 0.3 is 5.97 Å². The number of carboxylic acid groups (broad SMARTS) is 1. The van der Waals surface area contributed by atoms with Crippen molar-refractivity contribution >= 4 is 33.3 Å². The summed E-state index contributed by atoms with van der Waals surface area (Å²) in [6, 6.07) is 5.77. The van der Waals surface area contributed by atoms with Gasteiger partial charge in [-0.1, -0.05) is 6.07 Å². The average molecular weight is 271 g/mol. The zero-order valence-electron chi connectivity index (χ0n) is 8.03. The van der Waals surface area contributed by atoms with Crippen LogP contribution in [-0.4, -0.2) is 30.7 Å². The monoisotopic (exact) mass is 270 g/mol. The highest BCUT2D eigenvalue weighted by Crippen LogP contribution is 2.35. The number of hydrogen-bond acceptors (Lipinski definition) is 3. The quantitative estimate of drug-likeness (QED) is 0.860. The minimum Gasteiger partial charge on any atom is -0.480 e. The van der Waals surface area contributed by atoms with Crippen LogP contribution < -0.4 is 10.2 Å². The van der Waals surface area contributed by atoms with E-state index in [0.29, 0.717) is 0 Å². The van der Waals surface area contributed by atoms with Crippen molar-refractivity contribution in [2.24, 2.45) is 0 Å². The normalized spacial score (nSPS) is 14.3. The van der Waals surface area contributed by atoms with Crippen LogP contribution in [0.4, 0.5) is 11.4 Å². The molecule has 0 bridgehead atoms. The molecule has 1 heterocycles. The second-order valence-corrected chi connectivity index (χ2v) is 4.23. The van der Waals surface area contributed by atoms with Crippen LogP contribution in [0.25, 0.3) is 0 Å². The largest absolute Gasteiger partial charge is 0.480 e. The maximum Gasteiger partial charge on any atom is 0.323 e. The molecule has 1 aliphatic rings. The first-order valence-corrected chi connectivity index (χ1v) is 5.47. The van der Waals surface area contributed by atoms with E-state index in [9.17, 15) is 4.79 Å². The Bertz CT molecular complexity index is 395. The van der Waals surface area contributed by atoms with E-state index in [-0.39, 0.29) is 6.54 Å². The average Bonchev–Trinajstić information content (AvgIpc) is 2.19. The number of nitrogens with zero attached hydrogens (tertiary/aromatic N) is 1. The van der Waals surface area contributed by atoms with Crippen LogP contribution in [0.15, 0.2) is 22.7 Å². The Hall–Kier alpha value is -1.23. The third-order valence-corrected chi connectivity index (χ3v) is 3.00. The predicted molar refractivity (Wildman–Crippen MR) is 62.5 cm³/mol. The fourth-order valence-electron chi connectivity index (χ4n) is 1.72. The Morgan fingerprint density at radius 2 is 2.40 bits per heavy atom. The smallest absolute Gasteiger partial charge is 0.323 e. The molecule has 0 aliphatic carbocycles. The van der Waals surface area contributed by atoms with Crippen molar-refractivity contribution in [3.63, 3.8) is 0 Å². The van der Waals surface area contributed by atoms with Gasteiger partial charge in [-0.25, -0.2) is 0 Å². The number of carbonyl (C=O) groups is 1. The van der Waals surface area contributed by atoms with E-state index in [2.05, 4.69) is 21.2 Å². The standard InChI is InChI=1S/C10H11BrN2O2/c11-7-2-1-3-8-10(7)12-4-5-13(8)6-9(14)15/h1-3,12H,4-6H2,(H,14,15). The van der Waals surface area contributed by atoms with Crippen LogP contribution in [0.2, 0.25) is 0 Å². The number of carboxylic acids is 1. The maximum atomic E-state index is 10.7. The van der Waals surface area contributed by atoms with Gasteiger partial charge in [-0.05, 0) is 28.1 Å². The van der Waals surface area contributed by atoms with E-state index in [1.165, 1.54) is 0 Å². The molecule has 4 nitrogen and oxygen atoms in total. The molecule has 0 saturated carbocycles. The number of para-hydroxylation sites is 1. The van der Waals surface area contributed by atoms with E-state index in [4.69, 9.17) is 5.11 Å². The summed E-state index contributed by atoms with van der Waals surface area (Å²) in [7, 11) is 0. The van der Waals surface area contributed by atoms with Crippen molar-refractivity contribution in [2.75, 3.05) is 29.9 Å². The lowest BCUT2D eigenvalue weighted by molar-refractivity contribution is -0.135. The molecule has 0 radical (unpaired) electrons. The van der Waals surface area contributed by atoms with E-state index < -0.39 is 5.97 Å². The van der Waals surface area contributed by atoms with Crippen molar-refractivity contribution in [1.82, 2.24) is 0 Å². The molecule has 0 fully saturated rings. The molecule has 0 aromatic heterocycles. The van der Waals surface area contributed by atoms with Crippen LogP contribution in [0.5, 0.6) is 0 Å². The molecule has 15 heavy (non-hydrogen) atoms. The van der Waals surface area contributed by atoms with E-state index >= 15 is 0 Å². The first-order valence-electron chi connectivity index (χ1n) is 4.67. The van der Waals surface area contributed by atoms with Crippen molar-refractivity contribution in [2.45, 2.75) is 0 Å². The van der Waals surface area contributed by atoms with Crippen LogP contribution in [0, 0.1) is 0 Å². The first kappa shape index (κ1) is 10.3. The van der Waals surface area contributed by atoms with Crippen LogP contribution in [0.3, 0.4) is 0 Å². The number of anilines is 2. The summed E-state index contributed by atoms with van der Waals surface area (Å²) in [6.45, 7) is 1.53. The summed E-state index contributed by atoms with van der Waals surface area (Å²) in [5, 5.41) is 12.0.